The molecule has 1 heterocycles. The Morgan fingerprint density at radius 3 is 2.65 bits per heavy atom. The maximum absolute atomic E-state index is 6.16. The summed E-state index contributed by atoms with van der Waals surface area (Å²) >= 11 is 6.16. The molecule has 1 N–H and O–H groups in total. The molecular formula is C16H25ClN2O. The monoisotopic (exact) mass is 296 g/mol. The minimum Gasteiger partial charge on any atom is -0.383 e. The summed E-state index contributed by atoms with van der Waals surface area (Å²) in [6, 6.07) is 6.25. The molecule has 20 heavy (non-hydrogen) atoms. The van der Waals surface area contributed by atoms with E-state index in [-0.39, 0.29) is 0 Å². The van der Waals surface area contributed by atoms with E-state index in [2.05, 4.69) is 22.3 Å². The Bertz CT molecular complexity index is 403. The van der Waals surface area contributed by atoms with Gasteiger partial charge in [0.25, 0.3) is 0 Å². The molecule has 1 saturated heterocycles. The van der Waals surface area contributed by atoms with Crippen LogP contribution in [-0.4, -0.2) is 33.4 Å². The number of hydrogen-bond acceptors (Lipinski definition) is 3. The summed E-state index contributed by atoms with van der Waals surface area (Å²) < 4.78 is 5.07. The van der Waals surface area contributed by atoms with E-state index in [1.54, 1.807) is 7.11 Å². The van der Waals surface area contributed by atoms with Gasteiger partial charge in [-0.25, -0.2) is 0 Å². The molecule has 0 saturated carbocycles. The molecule has 4 heteroatoms. The summed E-state index contributed by atoms with van der Waals surface area (Å²) in [5.41, 5.74) is 2.62. The summed E-state index contributed by atoms with van der Waals surface area (Å²) in [6.07, 6.45) is 5.29. The first kappa shape index (κ1) is 15.6. The average Bonchev–Trinajstić information content (AvgIpc) is 2.73. The molecule has 0 atom stereocenters. The molecule has 0 aliphatic carbocycles. The number of ether oxygens (including phenoxy) is 1. The van der Waals surface area contributed by atoms with Crippen molar-refractivity contribution in [1.29, 1.82) is 0 Å². The topological polar surface area (TPSA) is 24.5 Å². The molecule has 1 fully saturated rings. The van der Waals surface area contributed by atoms with E-state index in [1.165, 1.54) is 36.9 Å². The van der Waals surface area contributed by atoms with Gasteiger partial charge in [-0.05, 0) is 36.6 Å². The number of hydrogen-bond donors (Lipinski definition) is 1. The van der Waals surface area contributed by atoms with E-state index in [0.29, 0.717) is 0 Å². The van der Waals surface area contributed by atoms with Gasteiger partial charge >= 0.3 is 0 Å². The van der Waals surface area contributed by atoms with Crippen molar-refractivity contribution >= 4 is 17.3 Å². The fourth-order valence-corrected chi connectivity index (χ4v) is 2.91. The van der Waals surface area contributed by atoms with Gasteiger partial charge in [-0.15, -0.1) is 0 Å². The van der Waals surface area contributed by atoms with Crippen LogP contribution < -0.4 is 10.2 Å². The van der Waals surface area contributed by atoms with Crippen molar-refractivity contribution in [3.63, 3.8) is 0 Å². The largest absolute Gasteiger partial charge is 0.383 e. The summed E-state index contributed by atoms with van der Waals surface area (Å²) in [4.78, 5) is 2.51. The zero-order valence-electron chi connectivity index (χ0n) is 12.3. The molecule has 3 nitrogen and oxygen atoms in total. The minimum atomic E-state index is 0.736. The van der Waals surface area contributed by atoms with Crippen LogP contribution in [0.3, 0.4) is 0 Å². The Kier molecular flexibility index (Phi) is 6.64. The van der Waals surface area contributed by atoms with Crippen molar-refractivity contribution in [2.24, 2.45) is 0 Å². The van der Waals surface area contributed by atoms with E-state index in [1.807, 2.05) is 6.07 Å². The lowest BCUT2D eigenvalue weighted by atomic mass is 10.1. The highest BCUT2D eigenvalue weighted by Crippen LogP contribution is 2.26. The van der Waals surface area contributed by atoms with E-state index in [9.17, 15) is 0 Å². The second-order valence-corrected chi connectivity index (χ2v) is 5.78. The molecule has 2 rings (SSSR count). The lowest BCUT2D eigenvalue weighted by Gasteiger charge is -2.26. The zero-order valence-corrected chi connectivity index (χ0v) is 13.1. The van der Waals surface area contributed by atoms with Crippen LogP contribution in [0, 0.1) is 0 Å². The van der Waals surface area contributed by atoms with Crippen molar-refractivity contribution in [3.05, 3.63) is 28.8 Å². The van der Waals surface area contributed by atoms with Crippen LogP contribution in [0.2, 0.25) is 5.02 Å². The third kappa shape index (κ3) is 4.65. The van der Waals surface area contributed by atoms with Crippen molar-refractivity contribution in [3.8, 4) is 0 Å². The molecule has 0 amide bonds. The number of methoxy groups -OCH3 is 1. The highest BCUT2D eigenvalue weighted by molar-refractivity contribution is 6.30. The Labute approximate surface area is 127 Å². The van der Waals surface area contributed by atoms with Gasteiger partial charge in [-0.1, -0.05) is 24.4 Å². The van der Waals surface area contributed by atoms with Crippen molar-refractivity contribution < 1.29 is 4.74 Å². The zero-order chi connectivity index (χ0) is 14.2. The smallest absolute Gasteiger partial charge is 0.0587 e. The number of benzene rings is 1. The fraction of sp³-hybridized carbons (Fsp3) is 0.625. The Hall–Kier alpha value is -0.770. The van der Waals surface area contributed by atoms with Crippen molar-refractivity contribution in [2.45, 2.75) is 32.2 Å². The van der Waals surface area contributed by atoms with E-state index in [4.69, 9.17) is 16.3 Å². The maximum Gasteiger partial charge on any atom is 0.0587 e. The molecule has 0 radical (unpaired) electrons. The highest BCUT2D eigenvalue weighted by atomic mass is 35.5. The molecule has 112 valence electrons. The third-order valence-electron chi connectivity index (χ3n) is 3.79. The fourth-order valence-electron chi connectivity index (χ4n) is 2.71. The van der Waals surface area contributed by atoms with Crippen LogP contribution in [0.1, 0.15) is 31.2 Å². The molecule has 1 aromatic carbocycles. The number of anilines is 1. The Morgan fingerprint density at radius 2 is 1.95 bits per heavy atom. The lowest BCUT2D eigenvalue weighted by Crippen LogP contribution is -2.27. The summed E-state index contributed by atoms with van der Waals surface area (Å²) in [6.45, 7) is 4.76. The molecule has 0 aromatic heterocycles. The Balaban J connectivity index is 2.05. The standard InChI is InChI=1S/C16H25ClN2O/c1-20-11-8-18-13-14-12-15(17)6-7-16(14)19-9-4-2-3-5-10-19/h6-7,12,18H,2-5,8-11,13H2,1H3. The van der Waals surface area contributed by atoms with E-state index >= 15 is 0 Å². The third-order valence-corrected chi connectivity index (χ3v) is 4.02. The second-order valence-electron chi connectivity index (χ2n) is 5.34. The van der Waals surface area contributed by atoms with Gasteiger partial charge in [-0.2, -0.15) is 0 Å². The predicted molar refractivity (Wildman–Crippen MR) is 85.7 cm³/mol. The van der Waals surface area contributed by atoms with Gasteiger partial charge in [0, 0.05) is 44.0 Å². The minimum absolute atomic E-state index is 0.736. The van der Waals surface area contributed by atoms with Crippen LogP contribution in [0.25, 0.3) is 0 Å². The first-order valence-corrected chi connectivity index (χ1v) is 7.92. The van der Waals surface area contributed by atoms with Crippen LogP contribution >= 0.6 is 11.6 Å². The summed E-state index contributed by atoms with van der Waals surface area (Å²) in [7, 11) is 1.73. The van der Waals surface area contributed by atoms with Gasteiger partial charge < -0.3 is 15.0 Å². The van der Waals surface area contributed by atoms with Crippen LogP contribution in [0.5, 0.6) is 0 Å². The van der Waals surface area contributed by atoms with Crippen molar-refractivity contribution in [1.82, 2.24) is 5.32 Å². The molecule has 0 spiro atoms. The first-order valence-electron chi connectivity index (χ1n) is 7.54. The quantitative estimate of drug-likeness (QED) is 0.814. The van der Waals surface area contributed by atoms with E-state index in [0.717, 1.165) is 37.8 Å². The van der Waals surface area contributed by atoms with Crippen LogP contribution in [-0.2, 0) is 11.3 Å². The van der Waals surface area contributed by atoms with E-state index < -0.39 is 0 Å². The average molecular weight is 297 g/mol. The normalized spacial score (nSPS) is 16.2. The molecule has 1 aliphatic rings. The lowest BCUT2D eigenvalue weighted by molar-refractivity contribution is 0.199. The summed E-state index contributed by atoms with van der Waals surface area (Å²) in [5, 5.41) is 4.23. The summed E-state index contributed by atoms with van der Waals surface area (Å²) in [5.74, 6) is 0. The highest BCUT2D eigenvalue weighted by Gasteiger charge is 2.13. The van der Waals surface area contributed by atoms with Crippen LogP contribution in [0.4, 0.5) is 5.69 Å². The SMILES string of the molecule is COCCNCc1cc(Cl)ccc1N1CCCCCC1. The van der Waals surface area contributed by atoms with Gasteiger partial charge in [0.2, 0.25) is 0 Å². The van der Waals surface area contributed by atoms with Gasteiger partial charge in [-0.3, -0.25) is 0 Å². The molecule has 0 bridgehead atoms. The number of halogens is 1. The van der Waals surface area contributed by atoms with Crippen LogP contribution in [0.15, 0.2) is 18.2 Å². The van der Waals surface area contributed by atoms with Gasteiger partial charge in [0.05, 0.1) is 6.61 Å². The number of nitrogens with zero attached hydrogens (tertiary/aromatic N) is 1. The Morgan fingerprint density at radius 1 is 1.20 bits per heavy atom. The molecular weight excluding hydrogens is 272 g/mol. The molecule has 1 aliphatic heterocycles. The predicted octanol–water partition coefficient (Wildman–Crippen LogP) is 3.46. The second kappa shape index (κ2) is 8.50. The number of rotatable bonds is 6. The molecule has 1 aromatic rings. The van der Waals surface area contributed by atoms with Gasteiger partial charge in [0.1, 0.15) is 0 Å². The van der Waals surface area contributed by atoms with Gasteiger partial charge in [0.15, 0.2) is 0 Å². The first-order chi connectivity index (χ1) is 9.81. The number of nitrogens with one attached hydrogen (secondary N) is 1. The molecule has 0 unspecified atom stereocenters. The van der Waals surface area contributed by atoms with Crippen molar-refractivity contribution in [2.75, 3.05) is 38.3 Å². The maximum atomic E-state index is 6.16.